The molecule has 1 aliphatic carbocycles. The van der Waals surface area contributed by atoms with E-state index in [0.717, 1.165) is 6.42 Å². The van der Waals surface area contributed by atoms with Crippen molar-refractivity contribution in [3.05, 3.63) is 144 Å². The van der Waals surface area contributed by atoms with Crippen LogP contribution in [0.25, 0.3) is 0 Å². The minimum absolute atomic E-state index is 0.595. The molecule has 0 N–H and O–H groups in total. The number of hydrogen-bond acceptors (Lipinski definition) is 0. The van der Waals surface area contributed by atoms with Gasteiger partial charge in [-0.25, -0.2) is 0 Å². The predicted octanol–water partition coefficient (Wildman–Crippen LogP) is 6.42. The molecule has 0 spiro atoms. The molecule has 31 heavy (non-hydrogen) atoms. The fraction of sp³-hybridized carbons (Fsp3) is 0.0345. The molecule has 0 atom stereocenters. The van der Waals surface area contributed by atoms with Crippen LogP contribution in [0.15, 0.2) is 144 Å². The molecule has 150 valence electrons. The molecule has 2 heteroatoms. The molecule has 1 aliphatic rings. The van der Waals surface area contributed by atoms with Crippen molar-refractivity contribution in [2.75, 3.05) is 0 Å². The van der Waals surface area contributed by atoms with Gasteiger partial charge in [0.05, 0.1) is 0 Å². The van der Waals surface area contributed by atoms with Crippen LogP contribution in [0, 0.1) is 0 Å². The number of benzene rings is 4. The Morgan fingerprint density at radius 3 is 0.871 bits per heavy atom. The van der Waals surface area contributed by atoms with Gasteiger partial charge in [0.1, 0.15) is 0 Å². The summed E-state index contributed by atoms with van der Waals surface area (Å²) in [7, 11) is -1.19. The summed E-state index contributed by atoms with van der Waals surface area (Å²) >= 11 is 0. The Bertz CT molecular complexity index is 1000. The van der Waals surface area contributed by atoms with Gasteiger partial charge in [-0.1, -0.05) is 133 Å². The van der Waals surface area contributed by atoms with Gasteiger partial charge in [-0.05, 0) is 54.1 Å². The van der Waals surface area contributed by atoms with E-state index in [9.17, 15) is 0 Å². The van der Waals surface area contributed by atoms with E-state index in [1.54, 1.807) is 0 Å². The third-order valence-corrected chi connectivity index (χ3v) is 10.7. The second-order valence-electron chi connectivity index (χ2n) is 7.43. The minimum Gasteiger partial charge on any atom is -0.0717 e. The Morgan fingerprint density at radius 1 is 0.355 bits per heavy atom. The van der Waals surface area contributed by atoms with Crippen molar-refractivity contribution in [2.24, 2.45) is 0 Å². The van der Waals surface area contributed by atoms with E-state index in [1.807, 2.05) is 0 Å². The second-order valence-corrected chi connectivity index (χ2v) is 11.8. The Morgan fingerprint density at radius 2 is 0.613 bits per heavy atom. The van der Waals surface area contributed by atoms with E-state index < -0.39 is 15.8 Å². The van der Waals surface area contributed by atoms with Gasteiger partial charge in [-0.15, -0.1) is 0 Å². The van der Waals surface area contributed by atoms with E-state index in [4.69, 9.17) is 0 Å². The van der Waals surface area contributed by atoms with Crippen LogP contribution in [0.3, 0.4) is 0 Å². The van der Waals surface area contributed by atoms with Crippen LogP contribution in [-0.4, -0.2) is 0 Å². The molecule has 4 aromatic carbocycles. The molecular formula is C29H24P2. The lowest BCUT2D eigenvalue weighted by atomic mass is 10.4. The fourth-order valence-electron chi connectivity index (χ4n) is 4.07. The van der Waals surface area contributed by atoms with Gasteiger partial charge in [-0.2, -0.15) is 0 Å². The average molecular weight is 434 g/mol. The molecule has 0 amide bonds. The van der Waals surface area contributed by atoms with Gasteiger partial charge in [-0.3, -0.25) is 0 Å². The van der Waals surface area contributed by atoms with Gasteiger partial charge in [0.25, 0.3) is 0 Å². The molecule has 0 saturated carbocycles. The zero-order chi connectivity index (χ0) is 20.9. The lowest BCUT2D eigenvalue weighted by molar-refractivity contribution is 1.45. The smallest absolute Gasteiger partial charge is 0.0107 e. The van der Waals surface area contributed by atoms with Gasteiger partial charge in [0.15, 0.2) is 0 Å². The molecule has 4 aromatic rings. The second kappa shape index (κ2) is 9.57. The van der Waals surface area contributed by atoms with Crippen LogP contribution in [0.4, 0.5) is 0 Å². The third kappa shape index (κ3) is 4.33. The number of rotatable bonds is 6. The van der Waals surface area contributed by atoms with E-state index >= 15 is 0 Å². The highest BCUT2D eigenvalue weighted by molar-refractivity contribution is 7.82. The molecule has 0 heterocycles. The Balaban J connectivity index is 1.64. The van der Waals surface area contributed by atoms with Crippen LogP contribution < -0.4 is 21.2 Å². The minimum atomic E-state index is -0.595. The van der Waals surface area contributed by atoms with E-state index in [1.165, 1.54) is 31.8 Å². The van der Waals surface area contributed by atoms with Crippen LogP contribution in [-0.2, 0) is 0 Å². The van der Waals surface area contributed by atoms with Crippen molar-refractivity contribution in [2.45, 2.75) is 6.42 Å². The Kier molecular flexibility index (Phi) is 6.22. The summed E-state index contributed by atoms with van der Waals surface area (Å²) in [5.41, 5.74) is 0. The highest BCUT2D eigenvalue weighted by Gasteiger charge is 2.29. The summed E-state index contributed by atoms with van der Waals surface area (Å²) < 4.78 is 0. The van der Waals surface area contributed by atoms with Crippen LogP contribution >= 0.6 is 15.8 Å². The van der Waals surface area contributed by atoms with Gasteiger partial charge >= 0.3 is 0 Å². The maximum atomic E-state index is 2.47. The van der Waals surface area contributed by atoms with Gasteiger partial charge in [0, 0.05) is 0 Å². The van der Waals surface area contributed by atoms with Crippen molar-refractivity contribution < 1.29 is 0 Å². The monoisotopic (exact) mass is 434 g/mol. The summed E-state index contributed by atoms with van der Waals surface area (Å²) in [5, 5.41) is 8.70. The van der Waals surface area contributed by atoms with E-state index in [-0.39, 0.29) is 0 Å². The maximum absolute atomic E-state index is 2.47. The molecule has 5 rings (SSSR count). The van der Waals surface area contributed by atoms with Crippen LogP contribution in [0.2, 0.25) is 0 Å². The third-order valence-electron chi connectivity index (χ3n) is 5.42. The molecule has 0 fully saturated rings. The lowest BCUT2D eigenvalue weighted by Gasteiger charge is -2.28. The van der Waals surface area contributed by atoms with Crippen LogP contribution in [0.1, 0.15) is 6.42 Å². The Labute approximate surface area is 187 Å². The number of allylic oxidation sites excluding steroid dienone is 4. The standard InChI is InChI=1S/C29H24P2/c1-5-14-24(15-6-1)30(25-16-7-2-8-17-25)28-22-13-23-29(28)31(26-18-9-3-10-19-26)27-20-11-4-12-21-27/h1-12,14-23H,13H2. The molecule has 0 radical (unpaired) electrons. The van der Waals surface area contributed by atoms with Crippen LogP contribution in [0.5, 0.6) is 0 Å². The Hall–Kier alpha value is -2.78. The summed E-state index contributed by atoms with van der Waals surface area (Å²) in [6.45, 7) is 0. The summed E-state index contributed by atoms with van der Waals surface area (Å²) in [4.78, 5) is 0. The van der Waals surface area contributed by atoms with Gasteiger partial charge in [0.2, 0.25) is 0 Å². The zero-order valence-electron chi connectivity index (χ0n) is 17.3. The first-order chi connectivity index (χ1) is 15.4. The molecule has 0 saturated heterocycles. The maximum Gasteiger partial charge on any atom is -0.0107 e. The molecule has 0 nitrogen and oxygen atoms in total. The van der Waals surface area contributed by atoms with Gasteiger partial charge < -0.3 is 0 Å². The van der Waals surface area contributed by atoms with Crippen molar-refractivity contribution in [1.82, 2.24) is 0 Å². The first-order valence-electron chi connectivity index (χ1n) is 10.6. The van der Waals surface area contributed by atoms with E-state index in [2.05, 4.69) is 133 Å². The largest absolute Gasteiger partial charge is 0.0717 e. The topological polar surface area (TPSA) is 0 Å². The van der Waals surface area contributed by atoms with Crippen molar-refractivity contribution in [3.8, 4) is 0 Å². The molecule has 0 unspecified atom stereocenters. The molecule has 0 aromatic heterocycles. The fourth-order valence-corrected chi connectivity index (χ4v) is 9.47. The zero-order valence-corrected chi connectivity index (χ0v) is 19.1. The quantitative estimate of drug-likeness (QED) is 0.307. The first kappa shape index (κ1) is 20.1. The normalized spacial score (nSPS) is 13.4. The SMILES string of the molecule is C1=C(P(c2ccccc2)c2ccccc2)C(P(c2ccccc2)c2ccccc2)=CC1. The lowest BCUT2D eigenvalue weighted by Crippen LogP contribution is -2.17. The predicted molar refractivity (Wildman–Crippen MR) is 139 cm³/mol. The summed E-state index contributed by atoms with van der Waals surface area (Å²) in [6.07, 6.45) is 5.96. The molecule has 0 bridgehead atoms. The molecule has 0 aliphatic heterocycles. The summed E-state index contributed by atoms with van der Waals surface area (Å²) in [5.74, 6) is 0. The van der Waals surface area contributed by atoms with Crippen molar-refractivity contribution in [3.63, 3.8) is 0 Å². The van der Waals surface area contributed by atoms with Crippen molar-refractivity contribution >= 4 is 37.1 Å². The first-order valence-corrected chi connectivity index (χ1v) is 13.3. The average Bonchev–Trinajstić information content (AvgIpc) is 3.31. The van der Waals surface area contributed by atoms with Crippen molar-refractivity contribution in [1.29, 1.82) is 0 Å². The van der Waals surface area contributed by atoms with E-state index in [0.29, 0.717) is 0 Å². The highest BCUT2D eigenvalue weighted by atomic mass is 31.1. The molecular weight excluding hydrogens is 410 g/mol. The summed E-state index contributed by atoms with van der Waals surface area (Å²) in [6, 6.07) is 44.2. The highest BCUT2D eigenvalue weighted by Crippen LogP contribution is 2.59. The number of hydrogen-bond donors (Lipinski definition) is 0.